The van der Waals surface area contributed by atoms with E-state index in [1.54, 1.807) is 29.1 Å². The third kappa shape index (κ3) is 6.53. The molecule has 2 saturated carbocycles. The smallest absolute Gasteiger partial charge is 0.270 e. The predicted octanol–water partition coefficient (Wildman–Crippen LogP) is 4.12. The minimum absolute atomic E-state index is 0.0264. The quantitative estimate of drug-likeness (QED) is 0.417. The van der Waals surface area contributed by atoms with Gasteiger partial charge in [-0.05, 0) is 94.0 Å². The van der Waals surface area contributed by atoms with Crippen LogP contribution in [-0.4, -0.2) is 76.1 Å². The largest absolute Gasteiger partial charge is 0.340 e. The molecule has 1 aromatic carbocycles. The summed E-state index contributed by atoms with van der Waals surface area (Å²) in [4.78, 5) is 44.3. The lowest BCUT2D eigenvalue weighted by atomic mass is 9.87. The van der Waals surface area contributed by atoms with Gasteiger partial charge in [-0.2, -0.15) is 5.10 Å². The van der Waals surface area contributed by atoms with Crippen LogP contribution in [0.2, 0.25) is 0 Å². The Morgan fingerprint density at radius 3 is 2.36 bits per heavy atom. The number of benzene rings is 1. The van der Waals surface area contributed by atoms with Crippen molar-refractivity contribution in [1.29, 1.82) is 0 Å². The molecule has 1 aliphatic heterocycles. The van der Waals surface area contributed by atoms with Crippen molar-refractivity contribution in [3.8, 4) is 0 Å². The lowest BCUT2D eigenvalue weighted by molar-refractivity contribution is -0.138. The number of nitrogens with zero attached hydrogens (tertiary/aromatic N) is 4. The fourth-order valence-electron chi connectivity index (χ4n) is 6.39. The summed E-state index contributed by atoms with van der Waals surface area (Å²) in [5.74, 6) is -0.927. The summed E-state index contributed by atoms with van der Waals surface area (Å²) in [6, 6.07) is 5.96. The van der Waals surface area contributed by atoms with E-state index in [9.17, 15) is 14.4 Å². The normalized spacial score (nSPS) is 21.6. The second kappa shape index (κ2) is 12.5. The SMILES string of the molecule is CCn1nccc1C(=O)N[C@H](C(=O)Nc1ccc([C@H](C)[C@@H](C)C(=O)N2CCN(C)[C@H](C)C2)cc1F)C(C1CC1)C1CC1. The zero-order chi connectivity index (χ0) is 30.1. The highest BCUT2D eigenvalue weighted by atomic mass is 19.1. The molecule has 9 nitrogen and oxygen atoms in total. The van der Waals surface area contributed by atoms with Crippen LogP contribution in [-0.2, 0) is 16.1 Å². The van der Waals surface area contributed by atoms with Crippen molar-refractivity contribution in [2.24, 2.45) is 23.7 Å². The Morgan fingerprint density at radius 2 is 1.76 bits per heavy atom. The Hall–Kier alpha value is -3.27. The number of anilines is 1. The molecule has 3 amide bonds. The summed E-state index contributed by atoms with van der Waals surface area (Å²) in [6.45, 7) is 10.6. The maximum Gasteiger partial charge on any atom is 0.270 e. The van der Waals surface area contributed by atoms with Gasteiger partial charge < -0.3 is 20.4 Å². The minimum atomic E-state index is -0.765. The molecule has 3 aliphatic rings. The first-order chi connectivity index (χ1) is 20.1. The molecule has 10 heteroatoms. The molecule has 0 unspecified atom stereocenters. The number of rotatable bonds is 11. The van der Waals surface area contributed by atoms with Crippen LogP contribution in [0.1, 0.15) is 75.3 Å². The number of hydrogen-bond acceptors (Lipinski definition) is 5. The number of amides is 3. The average molecular weight is 581 g/mol. The molecule has 0 radical (unpaired) electrons. The molecule has 2 aliphatic carbocycles. The molecular weight excluding hydrogens is 535 g/mol. The topological polar surface area (TPSA) is 99.6 Å². The van der Waals surface area contributed by atoms with E-state index in [-0.39, 0.29) is 35.3 Å². The van der Waals surface area contributed by atoms with Crippen LogP contribution in [0, 0.1) is 29.5 Å². The molecule has 0 spiro atoms. The van der Waals surface area contributed by atoms with E-state index in [4.69, 9.17) is 0 Å². The molecule has 42 heavy (non-hydrogen) atoms. The molecule has 2 aromatic rings. The molecule has 5 rings (SSSR count). The van der Waals surface area contributed by atoms with E-state index >= 15 is 4.39 Å². The van der Waals surface area contributed by atoms with Gasteiger partial charge in [0.05, 0.1) is 5.69 Å². The van der Waals surface area contributed by atoms with Crippen LogP contribution in [0.15, 0.2) is 30.5 Å². The number of nitrogens with one attached hydrogen (secondary N) is 2. The Labute approximate surface area is 248 Å². The van der Waals surface area contributed by atoms with Gasteiger partial charge in [0, 0.05) is 44.3 Å². The summed E-state index contributed by atoms with van der Waals surface area (Å²) < 4.78 is 17.1. The Balaban J connectivity index is 1.29. The average Bonchev–Trinajstić information content (AvgIpc) is 3.93. The Kier molecular flexibility index (Phi) is 9.01. The summed E-state index contributed by atoms with van der Waals surface area (Å²) in [7, 11) is 2.07. The van der Waals surface area contributed by atoms with Crippen molar-refractivity contribution >= 4 is 23.4 Å². The third-order valence-corrected chi connectivity index (χ3v) is 9.72. The lowest BCUT2D eigenvalue weighted by Crippen LogP contribution is -2.53. The lowest BCUT2D eigenvalue weighted by Gasteiger charge is -2.39. The van der Waals surface area contributed by atoms with Crippen LogP contribution < -0.4 is 10.6 Å². The van der Waals surface area contributed by atoms with Crippen LogP contribution in [0.3, 0.4) is 0 Å². The minimum Gasteiger partial charge on any atom is -0.340 e. The molecule has 2 heterocycles. The fourth-order valence-corrected chi connectivity index (χ4v) is 6.39. The molecule has 2 N–H and O–H groups in total. The zero-order valence-corrected chi connectivity index (χ0v) is 25.5. The highest BCUT2D eigenvalue weighted by Crippen LogP contribution is 2.51. The zero-order valence-electron chi connectivity index (χ0n) is 25.5. The molecule has 0 bridgehead atoms. The number of carbonyl (C=O) groups excluding carboxylic acids is 3. The van der Waals surface area contributed by atoms with Crippen LogP contribution in [0.5, 0.6) is 0 Å². The maximum absolute atomic E-state index is 15.5. The maximum atomic E-state index is 15.5. The van der Waals surface area contributed by atoms with Gasteiger partial charge in [0.15, 0.2) is 0 Å². The van der Waals surface area contributed by atoms with E-state index in [0.717, 1.165) is 32.2 Å². The highest BCUT2D eigenvalue weighted by molar-refractivity contribution is 6.00. The first-order valence-corrected chi connectivity index (χ1v) is 15.5. The summed E-state index contributed by atoms with van der Waals surface area (Å²) in [5.41, 5.74) is 1.19. The van der Waals surface area contributed by atoms with Crippen molar-refractivity contribution in [3.63, 3.8) is 0 Å². The second-order valence-corrected chi connectivity index (χ2v) is 12.7. The summed E-state index contributed by atoms with van der Waals surface area (Å²) >= 11 is 0. The van der Waals surface area contributed by atoms with Crippen molar-refractivity contribution in [1.82, 2.24) is 24.9 Å². The van der Waals surface area contributed by atoms with Crippen LogP contribution in [0.25, 0.3) is 0 Å². The number of aromatic nitrogens is 2. The van der Waals surface area contributed by atoms with Crippen LogP contribution in [0.4, 0.5) is 10.1 Å². The number of halogens is 1. The molecular formula is C32H45FN6O3. The van der Waals surface area contributed by atoms with Gasteiger partial charge in [0.1, 0.15) is 17.6 Å². The van der Waals surface area contributed by atoms with Crippen molar-refractivity contribution in [2.75, 3.05) is 32.0 Å². The predicted molar refractivity (Wildman–Crippen MR) is 159 cm³/mol. The molecule has 3 fully saturated rings. The Bertz CT molecular complexity index is 1290. The van der Waals surface area contributed by atoms with E-state index in [2.05, 4.69) is 34.6 Å². The summed E-state index contributed by atoms with van der Waals surface area (Å²) in [6.07, 6.45) is 5.74. The van der Waals surface area contributed by atoms with Crippen molar-refractivity contribution < 1.29 is 18.8 Å². The Morgan fingerprint density at radius 1 is 1.07 bits per heavy atom. The summed E-state index contributed by atoms with van der Waals surface area (Å²) in [5, 5.41) is 9.96. The number of carbonyl (C=O) groups is 3. The first-order valence-electron chi connectivity index (χ1n) is 15.5. The molecule has 1 aromatic heterocycles. The number of piperazine rings is 1. The van der Waals surface area contributed by atoms with Gasteiger partial charge in [0.25, 0.3) is 5.91 Å². The number of aryl methyl sites for hydroxylation is 1. The van der Waals surface area contributed by atoms with Gasteiger partial charge in [-0.3, -0.25) is 19.1 Å². The van der Waals surface area contributed by atoms with E-state index < -0.39 is 17.8 Å². The first kappa shape index (κ1) is 30.2. The standard InChI is InChI=1S/C32H45FN6O3/c1-6-39-27(13-14-34-39)30(40)36-29(28(22-7-8-22)23-9-10-23)31(41)35-26-12-11-24(17-25(26)33)20(3)21(4)32(42)38-16-15-37(5)19(2)18-38/h11-14,17,19-23,28-29H,6-10,15-16,18H2,1-5H3,(H,35,41)(H,36,40)/t19-,20-,21-,29+/m1/s1. The molecule has 228 valence electrons. The highest BCUT2D eigenvalue weighted by Gasteiger charge is 2.48. The van der Waals surface area contributed by atoms with Gasteiger partial charge >= 0.3 is 0 Å². The molecule has 4 atom stereocenters. The molecule has 1 saturated heterocycles. The second-order valence-electron chi connectivity index (χ2n) is 12.7. The van der Waals surface area contributed by atoms with E-state index in [1.165, 1.54) is 6.07 Å². The van der Waals surface area contributed by atoms with Crippen molar-refractivity contribution in [3.05, 3.63) is 47.5 Å². The van der Waals surface area contributed by atoms with Crippen molar-refractivity contribution in [2.45, 2.75) is 77.9 Å². The van der Waals surface area contributed by atoms with Gasteiger partial charge in [0.2, 0.25) is 11.8 Å². The van der Waals surface area contributed by atoms with Gasteiger partial charge in [-0.1, -0.05) is 19.9 Å². The monoisotopic (exact) mass is 580 g/mol. The van der Waals surface area contributed by atoms with Crippen LogP contribution >= 0.6 is 0 Å². The van der Waals surface area contributed by atoms with E-state index in [1.807, 2.05) is 25.7 Å². The number of hydrogen-bond donors (Lipinski definition) is 2. The third-order valence-electron chi connectivity index (χ3n) is 9.72. The van der Waals surface area contributed by atoms with E-state index in [0.29, 0.717) is 48.8 Å². The van der Waals surface area contributed by atoms with Gasteiger partial charge in [-0.25, -0.2) is 4.39 Å². The number of likely N-dealkylation sites (N-methyl/N-ethyl adjacent to an activating group) is 1. The van der Waals surface area contributed by atoms with Gasteiger partial charge in [-0.15, -0.1) is 0 Å². The fraction of sp³-hybridized carbons (Fsp3) is 0.625.